The summed E-state index contributed by atoms with van der Waals surface area (Å²) in [7, 11) is -2.33. The highest BCUT2D eigenvalue weighted by Crippen LogP contribution is 2.36. The summed E-state index contributed by atoms with van der Waals surface area (Å²) in [6, 6.07) is 15.9. The summed E-state index contributed by atoms with van der Waals surface area (Å²) < 4.78 is 52.0. The Hall–Kier alpha value is -4.43. The summed E-state index contributed by atoms with van der Waals surface area (Å²) in [5.74, 6) is -0.198. The summed E-state index contributed by atoms with van der Waals surface area (Å²) in [5.41, 5.74) is 1.63. The van der Waals surface area contributed by atoms with Crippen molar-refractivity contribution < 1.29 is 26.8 Å². The van der Waals surface area contributed by atoms with Gasteiger partial charge in [0.1, 0.15) is 35.8 Å². The predicted octanol–water partition coefficient (Wildman–Crippen LogP) is 4.27. The van der Waals surface area contributed by atoms with Gasteiger partial charge in [-0.05, 0) is 54.4 Å². The number of amides is 1. The highest BCUT2D eigenvalue weighted by Gasteiger charge is 2.27. The third-order valence-electron chi connectivity index (χ3n) is 5.88. The Bertz CT molecular complexity index is 1640. The third-order valence-corrected chi connectivity index (χ3v) is 7.03. The fourth-order valence-electron chi connectivity index (χ4n) is 4.04. The summed E-state index contributed by atoms with van der Waals surface area (Å²) in [5, 5.41) is 12.3. The predicted molar refractivity (Wildman–Crippen MR) is 141 cm³/mol. The van der Waals surface area contributed by atoms with Crippen LogP contribution < -0.4 is 14.4 Å². The number of sulfonamides is 1. The molecule has 11 heteroatoms. The van der Waals surface area contributed by atoms with Crippen LogP contribution >= 0.6 is 0 Å². The Morgan fingerprint density at radius 1 is 1.21 bits per heavy atom. The minimum atomic E-state index is -3.81. The van der Waals surface area contributed by atoms with Crippen molar-refractivity contribution in [2.75, 3.05) is 30.8 Å². The molecule has 0 aliphatic heterocycles. The van der Waals surface area contributed by atoms with Crippen LogP contribution in [-0.2, 0) is 16.4 Å². The Labute approximate surface area is 219 Å². The van der Waals surface area contributed by atoms with Crippen LogP contribution in [0.1, 0.15) is 28.4 Å². The number of aromatic nitrogens is 1. The molecule has 0 bridgehead atoms. The molecule has 0 radical (unpaired) electrons. The average molecular weight is 537 g/mol. The Kier molecular flexibility index (Phi) is 7.64. The molecular weight excluding hydrogens is 511 g/mol. The number of halogens is 1. The number of carbonyl (C=O) groups is 1. The number of hydrogen-bond donors (Lipinski definition) is 1. The van der Waals surface area contributed by atoms with Crippen LogP contribution in [0, 0.1) is 17.1 Å². The number of carbonyl (C=O) groups excluding carboxylic acids is 1. The summed E-state index contributed by atoms with van der Waals surface area (Å²) in [6.45, 7) is 1.71. The summed E-state index contributed by atoms with van der Waals surface area (Å²) >= 11 is 0. The number of nitriles is 1. The maximum atomic E-state index is 13.5. The fraction of sp³-hybridized carbons (Fsp3) is 0.222. The zero-order valence-corrected chi connectivity index (χ0v) is 21.8. The summed E-state index contributed by atoms with van der Waals surface area (Å²) in [6.07, 6.45) is 1.47. The van der Waals surface area contributed by atoms with Crippen LogP contribution in [0.2, 0.25) is 0 Å². The number of para-hydroxylation sites is 1. The first-order valence-electron chi connectivity index (χ1n) is 11.7. The van der Waals surface area contributed by atoms with E-state index in [-0.39, 0.29) is 36.0 Å². The van der Waals surface area contributed by atoms with Crippen LogP contribution in [0.4, 0.5) is 10.2 Å². The number of aryl methyl sites for hydroxylation is 1. The van der Waals surface area contributed by atoms with E-state index in [1.165, 1.54) is 31.3 Å². The molecule has 38 heavy (non-hydrogen) atoms. The smallest absolute Gasteiger partial charge is 0.255 e. The lowest BCUT2D eigenvalue weighted by molar-refractivity contribution is 0.0964. The maximum Gasteiger partial charge on any atom is 0.255 e. The van der Waals surface area contributed by atoms with Crippen molar-refractivity contribution in [1.29, 1.82) is 5.26 Å². The van der Waals surface area contributed by atoms with E-state index in [0.717, 1.165) is 10.6 Å². The van der Waals surface area contributed by atoms with E-state index in [1.807, 2.05) is 13.0 Å². The molecule has 9 nitrogen and oxygen atoms in total. The average Bonchev–Trinajstić information content (AvgIpc) is 3.28. The van der Waals surface area contributed by atoms with Gasteiger partial charge in [-0.2, -0.15) is 10.2 Å². The first-order chi connectivity index (χ1) is 18.2. The number of hydrogen-bond acceptors (Lipinski definition) is 7. The Morgan fingerprint density at radius 3 is 2.55 bits per heavy atom. The van der Waals surface area contributed by atoms with Crippen molar-refractivity contribution in [1.82, 2.24) is 10.3 Å². The largest absolute Gasteiger partial charge is 0.490 e. The molecule has 0 unspecified atom stereocenters. The van der Waals surface area contributed by atoms with Crippen LogP contribution in [0.3, 0.4) is 0 Å². The maximum absolute atomic E-state index is 13.5. The zero-order chi connectivity index (χ0) is 27.4. The van der Waals surface area contributed by atoms with E-state index < -0.39 is 21.7 Å². The molecule has 2 aromatic carbocycles. The van der Waals surface area contributed by atoms with Crippen LogP contribution in [0.15, 0.2) is 59.0 Å². The second kappa shape index (κ2) is 10.9. The molecule has 1 N–H and O–H groups in total. The molecule has 0 aliphatic carbocycles. The van der Waals surface area contributed by atoms with Crippen molar-refractivity contribution in [3.05, 3.63) is 77.1 Å². The lowest BCUT2D eigenvalue weighted by Gasteiger charge is -2.23. The minimum absolute atomic E-state index is 0.0445. The first-order valence-corrected chi connectivity index (χ1v) is 13.6. The van der Waals surface area contributed by atoms with Gasteiger partial charge in [0.05, 0.1) is 29.3 Å². The van der Waals surface area contributed by atoms with Gasteiger partial charge in [0.2, 0.25) is 15.7 Å². The van der Waals surface area contributed by atoms with Crippen LogP contribution in [0.5, 0.6) is 5.75 Å². The molecule has 2 heterocycles. The lowest BCUT2D eigenvalue weighted by atomic mass is 10.0. The number of anilines is 1. The first kappa shape index (κ1) is 26.6. The van der Waals surface area contributed by atoms with Crippen molar-refractivity contribution in [3.63, 3.8) is 0 Å². The van der Waals surface area contributed by atoms with Gasteiger partial charge in [-0.15, -0.1) is 0 Å². The quantitative estimate of drug-likeness (QED) is 0.339. The second-order valence-corrected chi connectivity index (χ2v) is 10.3. The molecule has 0 saturated heterocycles. The molecule has 0 saturated carbocycles. The normalized spacial score (nSPS) is 11.2. The van der Waals surface area contributed by atoms with E-state index in [1.54, 1.807) is 30.3 Å². The van der Waals surface area contributed by atoms with E-state index in [9.17, 15) is 22.9 Å². The number of nitrogens with zero attached hydrogens (tertiary/aromatic N) is 3. The third kappa shape index (κ3) is 5.31. The van der Waals surface area contributed by atoms with Gasteiger partial charge in [-0.25, -0.2) is 12.8 Å². The van der Waals surface area contributed by atoms with Gasteiger partial charge < -0.3 is 14.5 Å². The SMILES string of the molecule is CCc1cc2c(C(=O)NC)c(-c3ccc(F)cc3)oc2nc1N(CCOc1ccccc1C#N)S(C)(=O)=O. The number of pyridine rings is 1. The summed E-state index contributed by atoms with van der Waals surface area (Å²) in [4.78, 5) is 17.4. The lowest BCUT2D eigenvalue weighted by Crippen LogP contribution is -2.35. The van der Waals surface area contributed by atoms with Crippen LogP contribution in [-0.4, -0.2) is 45.8 Å². The Balaban J connectivity index is 1.79. The fourth-order valence-corrected chi connectivity index (χ4v) is 4.92. The van der Waals surface area contributed by atoms with Crippen molar-refractivity contribution in [2.45, 2.75) is 13.3 Å². The molecule has 4 rings (SSSR count). The topological polar surface area (TPSA) is 126 Å². The zero-order valence-electron chi connectivity index (χ0n) is 21.0. The molecule has 4 aromatic rings. The molecule has 0 fully saturated rings. The molecule has 196 valence electrons. The number of furan rings is 1. The molecular formula is C27H25FN4O5S. The van der Waals surface area contributed by atoms with Crippen molar-refractivity contribution in [2.24, 2.45) is 0 Å². The van der Waals surface area contributed by atoms with Crippen molar-refractivity contribution >= 4 is 32.8 Å². The molecule has 2 aromatic heterocycles. The van der Waals surface area contributed by atoms with E-state index in [2.05, 4.69) is 10.3 Å². The Morgan fingerprint density at radius 2 is 1.92 bits per heavy atom. The minimum Gasteiger partial charge on any atom is -0.490 e. The molecule has 0 atom stereocenters. The highest BCUT2D eigenvalue weighted by atomic mass is 32.2. The van der Waals surface area contributed by atoms with Crippen LogP contribution in [0.25, 0.3) is 22.4 Å². The number of rotatable bonds is 9. The molecule has 1 amide bonds. The number of fused-ring (bicyclic) bond motifs is 1. The second-order valence-electron chi connectivity index (χ2n) is 8.36. The van der Waals surface area contributed by atoms with Crippen molar-refractivity contribution in [3.8, 4) is 23.1 Å². The number of ether oxygens (including phenoxy) is 1. The van der Waals surface area contributed by atoms with E-state index in [0.29, 0.717) is 34.2 Å². The molecule has 0 spiro atoms. The number of nitrogens with one attached hydrogen (secondary N) is 1. The van der Waals surface area contributed by atoms with Gasteiger partial charge in [0.15, 0.2) is 0 Å². The van der Waals surface area contributed by atoms with E-state index >= 15 is 0 Å². The van der Waals surface area contributed by atoms with E-state index in [4.69, 9.17) is 9.15 Å². The van der Waals surface area contributed by atoms with Gasteiger partial charge in [-0.1, -0.05) is 19.1 Å². The van der Waals surface area contributed by atoms with Gasteiger partial charge in [0, 0.05) is 12.6 Å². The van der Waals surface area contributed by atoms with Gasteiger partial charge in [-0.3, -0.25) is 9.10 Å². The van der Waals surface area contributed by atoms with Gasteiger partial charge in [0.25, 0.3) is 5.91 Å². The monoisotopic (exact) mass is 536 g/mol. The molecule has 0 aliphatic rings. The highest BCUT2D eigenvalue weighted by molar-refractivity contribution is 7.92. The number of benzene rings is 2. The standard InChI is InChI=1S/C27H25FN4O5S/c1-4-17-15-21-23(26(33)30-2)24(18-9-11-20(28)12-10-18)37-27(21)31-25(17)32(38(3,34)35)13-14-36-22-8-6-5-7-19(22)16-29/h5-12,15H,4,13-14H2,1-3H3,(H,30,33). The van der Waals surface area contributed by atoms with Gasteiger partial charge >= 0.3 is 0 Å².